The third kappa shape index (κ3) is 8.31. The first-order valence-corrected chi connectivity index (χ1v) is 16.6. The highest BCUT2D eigenvalue weighted by Gasteiger charge is 2.18. The number of hydrogen-bond acceptors (Lipinski definition) is 8. The van der Waals surface area contributed by atoms with Crippen molar-refractivity contribution in [1.82, 2.24) is 8.80 Å². The standard InChI is InChI=1S/C20H17ClFNO4.C19H15ClFNO4/c1-26-11-14-9-15(20(25)27-2)19(24)23-10-12(6-7-17(14)23)8-13-4-3-5-16(21)18(13)22;1-26-19(25)14-8-13(10-23)16-6-5-11(9-22(16)18(14)24)7-12-3-2-4-15(20)17(12)21/h3-7,9-10H,8,11H2,1-2H3;2-6,8-9,23H,7,10H2,1H3. The van der Waals surface area contributed by atoms with Gasteiger partial charge in [-0.3, -0.25) is 18.4 Å². The SMILES string of the molecule is COC(=O)c1cc(CO)c2ccc(Cc3cccc(Cl)c3F)cn2c1=O.COCc1cc(C(=O)OC)c(=O)n2cc(Cc3cccc(Cl)c3F)ccc12. The summed E-state index contributed by atoms with van der Waals surface area (Å²) in [4.78, 5) is 49.1. The van der Waals surface area contributed by atoms with E-state index in [2.05, 4.69) is 4.74 Å². The Bertz CT molecular complexity index is 2480. The topological polar surface area (TPSA) is 125 Å². The first kappa shape index (κ1) is 38.8. The Hall–Kier alpha value is -5.40. The Balaban J connectivity index is 0.000000204. The van der Waals surface area contributed by atoms with Crippen molar-refractivity contribution >= 4 is 46.2 Å². The van der Waals surface area contributed by atoms with E-state index in [9.17, 15) is 33.1 Å². The lowest BCUT2D eigenvalue weighted by Crippen LogP contribution is -2.24. The summed E-state index contributed by atoms with van der Waals surface area (Å²) in [5, 5.41) is 9.61. The van der Waals surface area contributed by atoms with E-state index in [1.54, 1.807) is 54.7 Å². The number of nitrogens with zero attached hydrogens (tertiary/aromatic N) is 2. The molecule has 6 aromatic rings. The van der Waals surface area contributed by atoms with Crippen molar-refractivity contribution < 1.29 is 37.7 Å². The Morgan fingerprint density at radius 2 is 1.09 bits per heavy atom. The number of pyridine rings is 4. The van der Waals surface area contributed by atoms with Crippen LogP contribution in [-0.2, 0) is 40.3 Å². The minimum Gasteiger partial charge on any atom is -0.465 e. The number of carbonyl (C=O) groups excluding carboxylic acids is 2. The Kier molecular flexibility index (Phi) is 12.4. The second kappa shape index (κ2) is 17.0. The number of fused-ring (bicyclic) bond motifs is 2. The van der Waals surface area contributed by atoms with Gasteiger partial charge in [0.2, 0.25) is 0 Å². The highest BCUT2D eigenvalue weighted by molar-refractivity contribution is 6.31. The van der Waals surface area contributed by atoms with Crippen LogP contribution in [0.4, 0.5) is 8.78 Å². The summed E-state index contributed by atoms with van der Waals surface area (Å²) >= 11 is 11.6. The second-order valence-corrected chi connectivity index (χ2v) is 12.5. The monoisotopic (exact) mass is 764 g/mol. The molecule has 0 saturated heterocycles. The van der Waals surface area contributed by atoms with E-state index in [0.717, 1.165) is 0 Å². The predicted octanol–water partition coefficient (Wildman–Crippen LogP) is 6.58. The van der Waals surface area contributed by atoms with Gasteiger partial charge in [-0.05, 0) is 58.7 Å². The second-order valence-electron chi connectivity index (χ2n) is 11.7. The number of ether oxygens (including phenoxy) is 3. The van der Waals surface area contributed by atoms with Crippen molar-refractivity contribution in [1.29, 1.82) is 0 Å². The Morgan fingerprint density at radius 1 is 0.660 bits per heavy atom. The minimum atomic E-state index is -0.787. The lowest BCUT2D eigenvalue weighted by Gasteiger charge is -2.12. The molecule has 0 amide bonds. The molecule has 0 radical (unpaired) electrons. The van der Waals surface area contributed by atoms with Crippen LogP contribution in [0.3, 0.4) is 0 Å². The highest BCUT2D eigenvalue weighted by Crippen LogP contribution is 2.23. The quantitative estimate of drug-likeness (QED) is 0.164. The third-order valence-corrected chi connectivity index (χ3v) is 8.93. The average Bonchev–Trinajstić information content (AvgIpc) is 3.16. The summed E-state index contributed by atoms with van der Waals surface area (Å²) in [6.07, 6.45) is 3.57. The van der Waals surface area contributed by atoms with Gasteiger partial charge in [0.25, 0.3) is 11.1 Å². The van der Waals surface area contributed by atoms with Crippen LogP contribution < -0.4 is 11.1 Å². The van der Waals surface area contributed by atoms with Gasteiger partial charge < -0.3 is 19.3 Å². The van der Waals surface area contributed by atoms with Gasteiger partial charge >= 0.3 is 11.9 Å². The smallest absolute Gasteiger partial charge is 0.343 e. The molecule has 53 heavy (non-hydrogen) atoms. The van der Waals surface area contributed by atoms with Gasteiger partial charge in [-0.15, -0.1) is 0 Å². The maximum Gasteiger partial charge on any atom is 0.343 e. The molecule has 14 heteroatoms. The number of aliphatic hydroxyl groups is 1. The normalized spacial score (nSPS) is 10.9. The van der Waals surface area contributed by atoms with E-state index in [-0.39, 0.29) is 47.2 Å². The van der Waals surface area contributed by atoms with Crippen LogP contribution in [0, 0.1) is 11.6 Å². The Labute approximate surface area is 311 Å². The zero-order valence-electron chi connectivity index (χ0n) is 28.6. The van der Waals surface area contributed by atoms with Gasteiger partial charge in [0, 0.05) is 43.5 Å². The largest absolute Gasteiger partial charge is 0.465 e. The first-order chi connectivity index (χ1) is 25.4. The Morgan fingerprint density at radius 3 is 1.51 bits per heavy atom. The first-order valence-electron chi connectivity index (χ1n) is 15.9. The maximum atomic E-state index is 14.2. The van der Waals surface area contributed by atoms with Gasteiger partial charge in [-0.25, -0.2) is 18.4 Å². The number of esters is 2. The summed E-state index contributed by atoms with van der Waals surface area (Å²) in [6, 6.07) is 19.2. The number of carbonyl (C=O) groups is 2. The number of methoxy groups -OCH3 is 3. The molecule has 4 heterocycles. The zero-order valence-corrected chi connectivity index (χ0v) is 30.1. The van der Waals surface area contributed by atoms with E-state index < -0.39 is 34.7 Å². The predicted molar refractivity (Wildman–Crippen MR) is 195 cm³/mol. The molecule has 6 rings (SSSR count). The average molecular weight is 766 g/mol. The van der Waals surface area contributed by atoms with Crippen LogP contribution in [0.15, 0.2) is 94.8 Å². The number of hydrogen-bond donors (Lipinski definition) is 1. The summed E-state index contributed by atoms with van der Waals surface area (Å²) in [5.41, 5.74) is 2.92. The lowest BCUT2D eigenvalue weighted by molar-refractivity contribution is 0.0589. The molecule has 2 aromatic carbocycles. The van der Waals surface area contributed by atoms with Crippen LogP contribution in [0.1, 0.15) is 54.1 Å². The minimum absolute atomic E-state index is 0.0241. The third-order valence-electron chi connectivity index (χ3n) is 8.35. The molecule has 0 aliphatic heterocycles. The molecular weight excluding hydrogens is 733 g/mol. The van der Waals surface area contributed by atoms with Crippen molar-refractivity contribution in [2.75, 3.05) is 21.3 Å². The van der Waals surface area contributed by atoms with E-state index in [1.807, 2.05) is 0 Å². The van der Waals surface area contributed by atoms with Gasteiger partial charge in [0.05, 0.1) is 48.5 Å². The summed E-state index contributed by atoms with van der Waals surface area (Å²) in [6.45, 7) is -0.133. The molecule has 0 saturated carbocycles. The number of rotatable bonds is 9. The van der Waals surface area contributed by atoms with Gasteiger partial charge in [0.1, 0.15) is 22.8 Å². The number of aromatic nitrogens is 2. The van der Waals surface area contributed by atoms with Gasteiger partial charge in [0.15, 0.2) is 0 Å². The van der Waals surface area contributed by atoms with Crippen LogP contribution in [0.25, 0.3) is 11.0 Å². The summed E-state index contributed by atoms with van der Waals surface area (Å²) in [5.74, 6) is -2.51. The van der Waals surface area contributed by atoms with Crippen molar-refractivity contribution in [3.63, 3.8) is 0 Å². The zero-order chi connectivity index (χ0) is 38.4. The summed E-state index contributed by atoms with van der Waals surface area (Å²) in [7, 11) is 3.91. The van der Waals surface area contributed by atoms with Crippen molar-refractivity contribution in [3.05, 3.63) is 172 Å². The van der Waals surface area contributed by atoms with Crippen LogP contribution in [0.2, 0.25) is 10.0 Å². The van der Waals surface area contributed by atoms with E-state index in [1.165, 1.54) is 60.6 Å². The fraction of sp³-hybridized carbons (Fsp3) is 0.179. The molecule has 0 atom stereocenters. The molecule has 0 aliphatic carbocycles. The van der Waals surface area contributed by atoms with E-state index >= 15 is 0 Å². The molecule has 10 nitrogen and oxygen atoms in total. The molecule has 0 aliphatic rings. The summed E-state index contributed by atoms with van der Waals surface area (Å²) < 4.78 is 45.4. The lowest BCUT2D eigenvalue weighted by atomic mass is 10.0. The molecule has 0 bridgehead atoms. The molecule has 0 fully saturated rings. The number of benzene rings is 2. The van der Waals surface area contributed by atoms with E-state index in [0.29, 0.717) is 44.4 Å². The molecule has 1 N–H and O–H groups in total. The van der Waals surface area contributed by atoms with E-state index in [4.69, 9.17) is 32.7 Å². The molecule has 274 valence electrons. The van der Waals surface area contributed by atoms with Gasteiger partial charge in [-0.1, -0.05) is 59.6 Å². The van der Waals surface area contributed by atoms with Crippen LogP contribution in [0.5, 0.6) is 0 Å². The van der Waals surface area contributed by atoms with Crippen molar-refractivity contribution in [3.8, 4) is 0 Å². The number of halogens is 4. The fourth-order valence-electron chi connectivity index (χ4n) is 5.76. The van der Waals surface area contributed by atoms with Crippen LogP contribution in [-0.4, -0.2) is 47.2 Å². The van der Waals surface area contributed by atoms with Gasteiger partial charge in [-0.2, -0.15) is 0 Å². The van der Waals surface area contributed by atoms with Crippen molar-refractivity contribution in [2.45, 2.75) is 26.1 Å². The molecule has 4 aromatic heterocycles. The van der Waals surface area contributed by atoms with Crippen LogP contribution >= 0.6 is 23.2 Å². The highest BCUT2D eigenvalue weighted by atomic mass is 35.5. The fourth-order valence-corrected chi connectivity index (χ4v) is 6.15. The maximum absolute atomic E-state index is 14.2. The molecule has 0 spiro atoms. The van der Waals surface area contributed by atoms with Crippen molar-refractivity contribution in [2.24, 2.45) is 0 Å². The molecular formula is C39H32Cl2F2N2O8. The number of aliphatic hydroxyl groups excluding tert-OH is 1. The molecule has 0 unspecified atom stereocenters.